The fraction of sp³-hybridized carbons (Fsp3) is 0.222. The van der Waals surface area contributed by atoms with Gasteiger partial charge in [-0.3, -0.25) is 5.32 Å². The Balaban J connectivity index is 2.23. The van der Waals surface area contributed by atoms with E-state index in [1.54, 1.807) is 0 Å². The first-order valence-corrected chi connectivity index (χ1v) is 4.15. The summed E-state index contributed by atoms with van der Waals surface area (Å²) in [7, 11) is 1.30. The SMILES string of the molecule is COC(=O)NC1N=c2ccccc2=N1. The molecule has 14 heavy (non-hydrogen) atoms. The van der Waals surface area contributed by atoms with Crippen LogP contribution in [-0.2, 0) is 4.74 Å². The number of nitrogens with zero attached hydrogens (tertiary/aromatic N) is 2. The molecule has 0 saturated heterocycles. The quantitative estimate of drug-likeness (QED) is 0.655. The number of carbonyl (C=O) groups excluding carboxylic acids is 1. The van der Waals surface area contributed by atoms with Crippen molar-refractivity contribution in [2.24, 2.45) is 9.98 Å². The molecule has 1 aromatic carbocycles. The standard InChI is InChI=1S/C9H9N3O2/c1-14-9(13)12-8-10-6-4-2-3-5-7(6)11-8/h2-5,8H,1H3,(H,12,13). The maximum atomic E-state index is 10.9. The Labute approximate surface area is 80.1 Å². The van der Waals surface area contributed by atoms with Crippen LogP contribution < -0.4 is 16.0 Å². The van der Waals surface area contributed by atoms with Crippen LogP contribution in [0.1, 0.15) is 0 Å². The Morgan fingerprint density at radius 3 is 2.43 bits per heavy atom. The van der Waals surface area contributed by atoms with E-state index in [0.717, 1.165) is 10.7 Å². The van der Waals surface area contributed by atoms with E-state index in [-0.39, 0.29) is 0 Å². The second kappa shape index (κ2) is 3.45. The molecule has 0 aromatic heterocycles. The third-order valence-corrected chi connectivity index (χ3v) is 1.84. The molecule has 2 rings (SSSR count). The molecule has 0 aliphatic carbocycles. The predicted octanol–water partition coefficient (Wildman–Crippen LogP) is -0.421. The van der Waals surface area contributed by atoms with Crippen LogP contribution in [0.25, 0.3) is 0 Å². The highest BCUT2D eigenvalue weighted by Crippen LogP contribution is 1.90. The molecular formula is C9H9N3O2. The van der Waals surface area contributed by atoms with Crippen LogP contribution >= 0.6 is 0 Å². The first-order chi connectivity index (χ1) is 6.79. The summed E-state index contributed by atoms with van der Waals surface area (Å²) in [5.41, 5.74) is 0. The Bertz CT molecular complexity index is 434. The third-order valence-electron chi connectivity index (χ3n) is 1.84. The van der Waals surface area contributed by atoms with Crippen molar-refractivity contribution in [3.63, 3.8) is 0 Å². The lowest BCUT2D eigenvalue weighted by Gasteiger charge is -2.04. The zero-order valence-corrected chi connectivity index (χ0v) is 7.60. The van der Waals surface area contributed by atoms with Crippen molar-refractivity contribution in [2.45, 2.75) is 6.29 Å². The van der Waals surface area contributed by atoms with E-state index in [2.05, 4.69) is 20.0 Å². The van der Waals surface area contributed by atoms with E-state index < -0.39 is 12.4 Å². The van der Waals surface area contributed by atoms with Gasteiger partial charge in [0.15, 0.2) is 0 Å². The molecule has 0 spiro atoms. The minimum absolute atomic E-state index is 0.532. The molecule has 0 fully saturated rings. The summed E-state index contributed by atoms with van der Waals surface area (Å²) < 4.78 is 4.44. The summed E-state index contributed by atoms with van der Waals surface area (Å²) in [6.45, 7) is 0. The molecule has 0 saturated carbocycles. The molecule has 0 radical (unpaired) electrons. The Kier molecular flexibility index (Phi) is 2.14. The second-order valence-electron chi connectivity index (χ2n) is 2.76. The van der Waals surface area contributed by atoms with Gasteiger partial charge in [0.1, 0.15) is 0 Å². The third kappa shape index (κ3) is 1.56. The van der Waals surface area contributed by atoms with Gasteiger partial charge in [-0.15, -0.1) is 0 Å². The van der Waals surface area contributed by atoms with Gasteiger partial charge in [-0.2, -0.15) is 0 Å². The number of methoxy groups -OCH3 is 1. The molecule has 1 aliphatic heterocycles. The van der Waals surface area contributed by atoms with E-state index in [1.165, 1.54) is 7.11 Å². The summed E-state index contributed by atoms with van der Waals surface area (Å²) >= 11 is 0. The number of carbonyl (C=O) groups is 1. The van der Waals surface area contributed by atoms with Gasteiger partial charge in [0.2, 0.25) is 6.29 Å². The van der Waals surface area contributed by atoms with Gasteiger partial charge in [0, 0.05) is 0 Å². The molecule has 1 amide bonds. The minimum atomic E-state index is -0.556. The summed E-state index contributed by atoms with van der Waals surface area (Å²) in [5, 5.41) is 4.05. The molecule has 0 atom stereocenters. The molecule has 5 nitrogen and oxygen atoms in total. The largest absolute Gasteiger partial charge is 0.453 e. The van der Waals surface area contributed by atoms with Crippen molar-refractivity contribution in [1.29, 1.82) is 0 Å². The average molecular weight is 191 g/mol. The maximum absolute atomic E-state index is 10.9. The van der Waals surface area contributed by atoms with Crippen LogP contribution in [0.15, 0.2) is 34.3 Å². The molecule has 0 unspecified atom stereocenters. The van der Waals surface area contributed by atoms with E-state index in [0.29, 0.717) is 0 Å². The summed E-state index contributed by atoms with van der Waals surface area (Å²) in [6.07, 6.45) is -1.09. The molecule has 72 valence electrons. The lowest BCUT2D eigenvalue weighted by Crippen LogP contribution is -2.31. The van der Waals surface area contributed by atoms with Gasteiger partial charge >= 0.3 is 6.09 Å². The van der Waals surface area contributed by atoms with Crippen molar-refractivity contribution in [3.05, 3.63) is 35.0 Å². The first kappa shape index (κ1) is 8.68. The monoisotopic (exact) mass is 191 g/mol. The summed E-state index contributed by atoms with van der Waals surface area (Å²) in [5.74, 6) is 0. The molecule has 0 bridgehead atoms. The van der Waals surface area contributed by atoms with Crippen LogP contribution in [-0.4, -0.2) is 19.5 Å². The normalized spacial score (nSPS) is 13.8. The number of hydrogen-bond acceptors (Lipinski definition) is 4. The van der Waals surface area contributed by atoms with E-state index in [1.807, 2.05) is 24.3 Å². The first-order valence-electron chi connectivity index (χ1n) is 4.15. The Morgan fingerprint density at radius 2 is 1.93 bits per heavy atom. The van der Waals surface area contributed by atoms with Crippen molar-refractivity contribution in [3.8, 4) is 0 Å². The highest BCUT2D eigenvalue weighted by molar-refractivity contribution is 5.67. The number of alkyl carbamates (subject to hydrolysis) is 1. The van der Waals surface area contributed by atoms with Crippen molar-refractivity contribution < 1.29 is 9.53 Å². The average Bonchev–Trinajstić information content (AvgIpc) is 2.59. The molecule has 1 N–H and O–H groups in total. The summed E-state index contributed by atoms with van der Waals surface area (Å²) in [6, 6.07) is 7.44. The lowest BCUT2D eigenvalue weighted by atomic mass is 10.3. The van der Waals surface area contributed by atoms with Gasteiger partial charge in [-0.05, 0) is 12.1 Å². The number of nitrogens with one attached hydrogen (secondary N) is 1. The maximum Gasteiger partial charge on any atom is 0.410 e. The second-order valence-corrected chi connectivity index (χ2v) is 2.76. The van der Waals surface area contributed by atoms with E-state index >= 15 is 0 Å². The predicted molar refractivity (Wildman–Crippen MR) is 48.1 cm³/mol. The molecule has 1 aromatic rings. The summed E-state index contributed by atoms with van der Waals surface area (Å²) in [4.78, 5) is 19.2. The molecule has 1 heterocycles. The number of benzene rings is 1. The fourth-order valence-corrected chi connectivity index (χ4v) is 1.20. The van der Waals surface area contributed by atoms with Gasteiger partial charge in [-0.25, -0.2) is 14.8 Å². The van der Waals surface area contributed by atoms with Gasteiger partial charge < -0.3 is 4.74 Å². The van der Waals surface area contributed by atoms with Crippen molar-refractivity contribution in [1.82, 2.24) is 5.32 Å². The van der Waals surface area contributed by atoms with Gasteiger partial charge in [0.05, 0.1) is 17.8 Å². The number of rotatable bonds is 1. The molecular weight excluding hydrogens is 182 g/mol. The van der Waals surface area contributed by atoms with Crippen molar-refractivity contribution >= 4 is 6.09 Å². The van der Waals surface area contributed by atoms with Crippen molar-refractivity contribution in [2.75, 3.05) is 7.11 Å². The van der Waals surface area contributed by atoms with Crippen LogP contribution in [0, 0.1) is 0 Å². The van der Waals surface area contributed by atoms with E-state index in [9.17, 15) is 4.79 Å². The zero-order chi connectivity index (χ0) is 9.97. The number of amides is 1. The highest BCUT2D eigenvalue weighted by atomic mass is 16.5. The lowest BCUT2D eigenvalue weighted by molar-refractivity contribution is 0.167. The minimum Gasteiger partial charge on any atom is -0.453 e. The smallest absolute Gasteiger partial charge is 0.410 e. The Hall–Kier alpha value is -1.91. The molecule has 5 heteroatoms. The number of fused-ring (bicyclic) bond motifs is 1. The van der Waals surface area contributed by atoms with Gasteiger partial charge in [0.25, 0.3) is 0 Å². The van der Waals surface area contributed by atoms with Crippen LogP contribution in [0.5, 0.6) is 0 Å². The highest BCUT2D eigenvalue weighted by Gasteiger charge is 2.11. The van der Waals surface area contributed by atoms with Crippen LogP contribution in [0.2, 0.25) is 0 Å². The Morgan fingerprint density at radius 1 is 1.36 bits per heavy atom. The topological polar surface area (TPSA) is 63.0 Å². The van der Waals surface area contributed by atoms with Crippen LogP contribution in [0.3, 0.4) is 0 Å². The number of ether oxygens (including phenoxy) is 1. The fourth-order valence-electron chi connectivity index (χ4n) is 1.20. The van der Waals surface area contributed by atoms with Gasteiger partial charge in [-0.1, -0.05) is 12.1 Å². The van der Waals surface area contributed by atoms with E-state index in [4.69, 9.17) is 0 Å². The zero-order valence-electron chi connectivity index (χ0n) is 7.60. The van der Waals surface area contributed by atoms with Crippen LogP contribution in [0.4, 0.5) is 4.79 Å². The molecule has 1 aliphatic rings. The number of para-hydroxylation sites is 2. The number of hydrogen-bond donors (Lipinski definition) is 1.